The predicted molar refractivity (Wildman–Crippen MR) is 96.2 cm³/mol. The Labute approximate surface area is 145 Å². The number of hydrogen-bond acceptors (Lipinski definition) is 3. The van der Waals surface area contributed by atoms with Crippen LogP contribution in [0.4, 0.5) is 0 Å². The maximum atomic E-state index is 12.2. The van der Waals surface area contributed by atoms with E-state index in [4.69, 9.17) is 5.73 Å². The molecule has 0 spiro atoms. The summed E-state index contributed by atoms with van der Waals surface area (Å²) in [5.74, 6) is -0.294. The molecule has 0 heterocycles. The Morgan fingerprint density at radius 2 is 1.74 bits per heavy atom. The van der Waals surface area contributed by atoms with Crippen LogP contribution in [0.25, 0.3) is 0 Å². The zero-order chi connectivity index (χ0) is 16.8. The number of hydrogen-bond donors (Lipinski definition) is 2. The van der Waals surface area contributed by atoms with Gasteiger partial charge in [0.05, 0.1) is 0 Å². The summed E-state index contributed by atoms with van der Waals surface area (Å²) in [6, 6.07) is 6.77. The second-order valence-electron chi connectivity index (χ2n) is 5.65. The van der Waals surface area contributed by atoms with Gasteiger partial charge in [-0.1, -0.05) is 19.9 Å². The number of halogens is 1. The molecule has 0 aliphatic heterocycles. The lowest BCUT2D eigenvalue weighted by Gasteiger charge is -2.26. The molecule has 0 unspecified atom stereocenters. The van der Waals surface area contributed by atoms with Gasteiger partial charge in [0.2, 0.25) is 0 Å². The summed E-state index contributed by atoms with van der Waals surface area (Å²) in [5.41, 5.74) is 6.79. The van der Waals surface area contributed by atoms with E-state index < -0.39 is 0 Å². The second kappa shape index (κ2) is 9.53. The lowest BCUT2D eigenvalue weighted by atomic mass is 9.94. The molecule has 2 amide bonds. The van der Waals surface area contributed by atoms with Crippen LogP contribution in [0.3, 0.4) is 0 Å². The van der Waals surface area contributed by atoms with Crippen molar-refractivity contribution >= 4 is 24.2 Å². The van der Waals surface area contributed by atoms with Gasteiger partial charge in [-0.25, -0.2) is 0 Å². The normalized spacial score (nSPS) is 10.7. The van der Waals surface area contributed by atoms with Crippen LogP contribution in [0, 0.1) is 0 Å². The van der Waals surface area contributed by atoms with Crippen molar-refractivity contribution in [1.29, 1.82) is 0 Å². The third kappa shape index (κ3) is 5.84. The van der Waals surface area contributed by atoms with Crippen LogP contribution in [0.2, 0.25) is 0 Å². The van der Waals surface area contributed by atoms with E-state index in [2.05, 4.69) is 5.32 Å². The molecule has 0 saturated carbocycles. The fourth-order valence-electron chi connectivity index (χ4n) is 2.02. The Bertz CT molecular complexity index is 530. The Hall–Kier alpha value is -1.59. The fourth-order valence-corrected chi connectivity index (χ4v) is 2.02. The average Bonchev–Trinajstić information content (AvgIpc) is 2.57. The Morgan fingerprint density at radius 3 is 2.26 bits per heavy atom. The highest BCUT2D eigenvalue weighted by atomic mass is 35.5. The highest BCUT2D eigenvalue weighted by molar-refractivity contribution is 5.99. The van der Waals surface area contributed by atoms with Gasteiger partial charge in [0.1, 0.15) is 0 Å². The molecule has 3 N–H and O–H groups in total. The van der Waals surface area contributed by atoms with Gasteiger partial charge in [0, 0.05) is 36.8 Å². The molecule has 0 fully saturated rings. The highest BCUT2D eigenvalue weighted by Gasteiger charge is 2.21. The van der Waals surface area contributed by atoms with Gasteiger partial charge in [-0.15, -0.1) is 12.4 Å². The lowest BCUT2D eigenvalue weighted by Crippen LogP contribution is -2.49. The first-order valence-corrected chi connectivity index (χ1v) is 7.79. The molecule has 0 aromatic heterocycles. The van der Waals surface area contributed by atoms with Crippen LogP contribution in [-0.4, -0.2) is 42.4 Å². The van der Waals surface area contributed by atoms with Gasteiger partial charge in [0.25, 0.3) is 11.8 Å². The minimum Gasteiger partial charge on any atom is -0.350 e. The molecule has 0 saturated heterocycles. The highest BCUT2D eigenvalue weighted by Crippen LogP contribution is 2.11. The van der Waals surface area contributed by atoms with Crippen molar-refractivity contribution in [3.63, 3.8) is 0 Å². The maximum absolute atomic E-state index is 12.2. The first-order valence-electron chi connectivity index (χ1n) is 7.79. The summed E-state index contributed by atoms with van der Waals surface area (Å²) in [7, 11) is 1.74. The van der Waals surface area contributed by atoms with Gasteiger partial charge < -0.3 is 16.0 Å². The lowest BCUT2D eigenvalue weighted by molar-refractivity contribution is 0.0802. The molecule has 1 aromatic carbocycles. The van der Waals surface area contributed by atoms with E-state index in [-0.39, 0.29) is 29.8 Å². The van der Waals surface area contributed by atoms with Crippen molar-refractivity contribution in [2.75, 3.05) is 20.1 Å². The smallest absolute Gasteiger partial charge is 0.253 e. The monoisotopic (exact) mass is 341 g/mol. The molecule has 0 radical (unpaired) electrons. The number of benzene rings is 1. The summed E-state index contributed by atoms with van der Waals surface area (Å²) in [6.07, 6.45) is 1.59. The molecular weight excluding hydrogens is 314 g/mol. The van der Waals surface area contributed by atoms with E-state index in [1.54, 1.807) is 36.2 Å². The Morgan fingerprint density at radius 1 is 1.17 bits per heavy atom. The molecule has 0 atom stereocenters. The summed E-state index contributed by atoms with van der Waals surface area (Å²) in [4.78, 5) is 26.0. The van der Waals surface area contributed by atoms with E-state index in [9.17, 15) is 9.59 Å². The number of carbonyl (C=O) groups excluding carboxylic acids is 2. The number of rotatable bonds is 7. The second-order valence-corrected chi connectivity index (χ2v) is 5.65. The van der Waals surface area contributed by atoms with E-state index >= 15 is 0 Å². The van der Waals surface area contributed by atoms with Gasteiger partial charge in [-0.05, 0) is 38.0 Å². The van der Waals surface area contributed by atoms with Crippen molar-refractivity contribution in [2.24, 2.45) is 5.73 Å². The fraction of sp³-hybridized carbons (Fsp3) is 0.529. The SMILES string of the molecule is CCN(C)C(=O)c1cccc(C(=O)NCC(N)(CC)CC)c1.Cl. The Kier molecular flexibility index (Phi) is 8.87. The van der Waals surface area contributed by atoms with Crippen molar-refractivity contribution in [3.05, 3.63) is 35.4 Å². The Balaban J connectivity index is 0.00000484. The third-order valence-corrected chi connectivity index (χ3v) is 4.20. The molecule has 5 nitrogen and oxygen atoms in total. The topological polar surface area (TPSA) is 75.4 Å². The largest absolute Gasteiger partial charge is 0.350 e. The van der Waals surface area contributed by atoms with E-state index in [1.807, 2.05) is 20.8 Å². The van der Waals surface area contributed by atoms with Crippen LogP contribution in [0.5, 0.6) is 0 Å². The third-order valence-electron chi connectivity index (χ3n) is 4.20. The molecule has 1 rings (SSSR count). The molecular formula is C17H28ClN3O2. The standard InChI is InChI=1S/C17H27N3O2.ClH/c1-5-17(18,6-2)12-19-15(21)13-9-8-10-14(11-13)16(22)20(4)7-3;/h8-11H,5-7,12,18H2,1-4H3,(H,19,21);1H. The van der Waals surface area contributed by atoms with Crippen LogP contribution < -0.4 is 11.1 Å². The zero-order valence-electron chi connectivity index (χ0n) is 14.4. The molecule has 0 bridgehead atoms. The molecule has 0 aliphatic carbocycles. The van der Waals surface area contributed by atoms with Crippen molar-refractivity contribution in [3.8, 4) is 0 Å². The average molecular weight is 342 g/mol. The number of nitrogens with one attached hydrogen (secondary N) is 1. The summed E-state index contributed by atoms with van der Waals surface area (Å²) < 4.78 is 0. The van der Waals surface area contributed by atoms with Crippen molar-refractivity contribution < 1.29 is 9.59 Å². The number of carbonyl (C=O) groups is 2. The number of nitrogens with zero attached hydrogens (tertiary/aromatic N) is 1. The van der Waals surface area contributed by atoms with Crippen molar-refractivity contribution in [2.45, 2.75) is 39.2 Å². The van der Waals surface area contributed by atoms with Gasteiger partial charge in [-0.3, -0.25) is 9.59 Å². The van der Waals surface area contributed by atoms with E-state index in [0.717, 1.165) is 12.8 Å². The number of nitrogens with two attached hydrogens (primary N) is 1. The minimum atomic E-state index is -0.383. The molecule has 6 heteroatoms. The van der Waals surface area contributed by atoms with E-state index in [1.165, 1.54) is 0 Å². The first-order chi connectivity index (χ1) is 10.4. The summed E-state index contributed by atoms with van der Waals surface area (Å²) >= 11 is 0. The van der Waals surface area contributed by atoms with Crippen molar-refractivity contribution in [1.82, 2.24) is 10.2 Å². The van der Waals surface area contributed by atoms with Crippen LogP contribution >= 0.6 is 12.4 Å². The summed E-state index contributed by atoms with van der Waals surface area (Å²) in [6.45, 7) is 6.97. The van der Waals surface area contributed by atoms with E-state index in [0.29, 0.717) is 24.2 Å². The maximum Gasteiger partial charge on any atom is 0.253 e. The molecule has 23 heavy (non-hydrogen) atoms. The number of amides is 2. The van der Waals surface area contributed by atoms with Gasteiger partial charge in [-0.2, -0.15) is 0 Å². The van der Waals surface area contributed by atoms with Crippen LogP contribution in [0.15, 0.2) is 24.3 Å². The minimum absolute atomic E-state index is 0. The first kappa shape index (κ1) is 21.4. The predicted octanol–water partition coefficient (Wildman–Crippen LogP) is 2.45. The molecule has 0 aliphatic rings. The van der Waals surface area contributed by atoms with Crippen LogP contribution in [0.1, 0.15) is 54.3 Å². The molecule has 130 valence electrons. The van der Waals surface area contributed by atoms with Gasteiger partial charge in [0.15, 0.2) is 0 Å². The van der Waals surface area contributed by atoms with Crippen LogP contribution in [-0.2, 0) is 0 Å². The molecule has 1 aromatic rings. The summed E-state index contributed by atoms with van der Waals surface area (Å²) in [5, 5.41) is 2.86. The van der Waals surface area contributed by atoms with Gasteiger partial charge >= 0.3 is 0 Å². The quantitative estimate of drug-likeness (QED) is 0.799. The zero-order valence-corrected chi connectivity index (χ0v) is 15.2.